The van der Waals surface area contributed by atoms with Crippen molar-refractivity contribution in [2.45, 2.75) is 20.3 Å². The molecule has 1 aromatic rings. The minimum absolute atomic E-state index is 0.0580. The Balaban J connectivity index is 2.61. The van der Waals surface area contributed by atoms with Gasteiger partial charge in [-0.3, -0.25) is 9.59 Å². The van der Waals surface area contributed by atoms with Crippen molar-refractivity contribution in [3.05, 3.63) is 30.1 Å². The number of anilines is 1. The number of nitrogens with one attached hydrogen (secondary N) is 1. The largest absolute Gasteiger partial charge is 0.334 e. The average molecular weight is 252 g/mol. The molecule has 0 spiro atoms. The molecule has 5 heteroatoms. The van der Waals surface area contributed by atoms with Crippen LogP contribution in [0, 0.1) is 5.82 Å². The van der Waals surface area contributed by atoms with Crippen LogP contribution in [0.15, 0.2) is 24.3 Å². The van der Waals surface area contributed by atoms with Gasteiger partial charge in [-0.05, 0) is 18.6 Å². The Bertz CT molecular complexity index is 435. The number of carbonyl (C=O) groups is 2. The van der Waals surface area contributed by atoms with Crippen LogP contribution in [0.25, 0.3) is 0 Å². The van der Waals surface area contributed by atoms with E-state index < -0.39 is 11.7 Å². The number of hydrogen-bond donors (Lipinski definition) is 1. The van der Waals surface area contributed by atoms with Crippen LogP contribution < -0.4 is 5.32 Å². The van der Waals surface area contributed by atoms with Crippen LogP contribution in [0.2, 0.25) is 0 Å². The predicted molar refractivity (Wildman–Crippen MR) is 67.6 cm³/mol. The second kappa shape index (κ2) is 6.74. The Morgan fingerprint density at radius 1 is 1.33 bits per heavy atom. The number of hydrogen-bond acceptors (Lipinski definition) is 2. The van der Waals surface area contributed by atoms with Gasteiger partial charge in [0.1, 0.15) is 5.82 Å². The summed E-state index contributed by atoms with van der Waals surface area (Å²) >= 11 is 0. The lowest BCUT2D eigenvalue weighted by atomic mass is 10.3. The van der Waals surface area contributed by atoms with Crippen LogP contribution in [0.3, 0.4) is 0 Å². The molecule has 18 heavy (non-hydrogen) atoms. The number of halogens is 1. The van der Waals surface area contributed by atoms with Gasteiger partial charge in [-0.25, -0.2) is 4.39 Å². The fourth-order valence-corrected chi connectivity index (χ4v) is 1.54. The Morgan fingerprint density at radius 3 is 2.56 bits per heavy atom. The zero-order valence-corrected chi connectivity index (χ0v) is 10.6. The third-order valence-electron chi connectivity index (χ3n) is 2.42. The van der Waals surface area contributed by atoms with E-state index in [-0.39, 0.29) is 18.1 Å². The van der Waals surface area contributed by atoms with Gasteiger partial charge in [0.2, 0.25) is 11.8 Å². The van der Waals surface area contributed by atoms with E-state index in [9.17, 15) is 14.0 Å². The van der Waals surface area contributed by atoms with Gasteiger partial charge in [0.25, 0.3) is 0 Å². The summed E-state index contributed by atoms with van der Waals surface area (Å²) in [6.07, 6.45) is 0.770. The lowest BCUT2D eigenvalue weighted by molar-refractivity contribution is -0.132. The molecule has 1 rings (SSSR count). The first kappa shape index (κ1) is 14.2. The maximum atomic E-state index is 13.3. The highest BCUT2D eigenvalue weighted by atomic mass is 19.1. The van der Waals surface area contributed by atoms with Gasteiger partial charge in [0, 0.05) is 13.5 Å². The predicted octanol–water partition coefficient (Wildman–Crippen LogP) is 2.02. The molecule has 0 saturated carbocycles. The van der Waals surface area contributed by atoms with Gasteiger partial charge in [0.15, 0.2) is 0 Å². The summed E-state index contributed by atoms with van der Waals surface area (Å²) in [5.74, 6) is -1.06. The topological polar surface area (TPSA) is 49.4 Å². The molecule has 98 valence electrons. The fraction of sp³-hybridized carbons (Fsp3) is 0.385. The highest BCUT2D eigenvalue weighted by Crippen LogP contribution is 2.12. The highest BCUT2D eigenvalue weighted by Gasteiger charge is 2.13. The number of benzene rings is 1. The molecule has 1 N–H and O–H groups in total. The van der Waals surface area contributed by atoms with Crippen LogP contribution in [-0.4, -0.2) is 29.8 Å². The third-order valence-corrected chi connectivity index (χ3v) is 2.42. The van der Waals surface area contributed by atoms with Crippen molar-refractivity contribution in [1.82, 2.24) is 4.90 Å². The van der Waals surface area contributed by atoms with E-state index in [0.29, 0.717) is 6.54 Å². The minimum atomic E-state index is -0.490. The monoisotopic (exact) mass is 252 g/mol. The maximum Gasteiger partial charge on any atom is 0.244 e. The van der Waals surface area contributed by atoms with E-state index in [2.05, 4.69) is 5.32 Å². The van der Waals surface area contributed by atoms with Gasteiger partial charge in [-0.1, -0.05) is 19.1 Å². The number of carbonyl (C=O) groups excluding carboxylic acids is 2. The molecule has 2 amide bonds. The Morgan fingerprint density at radius 2 is 2.00 bits per heavy atom. The lowest BCUT2D eigenvalue weighted by Gasteiger charge is -2.19. The van der Waals surface area contributed by atoms with Crippen molar-refractivity contribution in [1.29, 1.82) is 0 Å². The summed E-state index contributed by atoms with van der Waals surface area (Å²) in [7, 11) is 0. The highest BCUT2D eigenvalue weighted by molar-refractivity contribution is 5.94. The molecule has 0 radical (unpaired) electrons. The van der Waals surface area contributed by atoms with E-state index in [4.69, 9.17) is 0 Å². The van der Waals surface area contributed by atoms with Crippen LogP contribution in [-0.2, 0) is 9.59 Å². The summed E-state index contributed by atoms with van der Waals surface area (Å²) in [5, 5.41) is 2.45. The molecule has 0 aromatic heterocycles. The van der Waals surface area contributed by atoms with Crippen LogP contribution in [0.1, 0.15) is 20.3 Å². The standard InChI is InChI=1S/C13H17FN2O2/c1-3-8-16(10(2)17)9-13(18)15-12-7-5-4-6-11(12)14/h4-7H,3,8-9H2,1-2H3,(H,15,18). The van der Waals surface area contributed by atoms with Gasteiger partial charge in [-0.2, -0.15) is 0 Å². The van der Waals surface area contributed by atoms with E-state index in [1.165, 1.54) is 24.0 Å². The van der Waals surface area contributed by atoms with Crippen LogP contribution in [0.5, 0.6) is 0 Å². The quantitative estimate of drug-likeness (QED) is 0.871. The lowest BCUT2D eigenvalue weighted by Crippen LogP contribution is -2.37. The molecule has 0 aliphatic rings. The Labute approximate surface area is 106 Å². The molecule has 4 nitrogen and oxygen atoms in total. The molecule has 0 heterocycles. The molecule has 0 aliphatic carbocycles. The molecule has 0 atom stereocenters. The SMILES string of the molecule is CCCN(CC(=O)Nc1ccccc1F)C(C)=O. The summed E-state index contributed by atoms with van der Waals surface area (Å²) in [5.41, 5.74) is 0.127. The normalized spacial score (nSPS) is 9.94. The number of amides is 2. The smallest absolute Gasteiger partial charge is 0.244 e. The minimum Gasteiger partial charge on any atom is -0.334 e. The Kier molecular flexibility index (Phi) is 5.30. The van der Waals surface area contributed by atoms with E-state index in [0.717, 1.165) is 6.42 Å². The molecule has 0 bridgehead atoms. The molecule has 0 fully saturated rings. The third kappa shape index (κ3) is 4.16. The molecule has 1 aromatic carbocycles. The maximum absolute atomic E-state index is 13.3. The molecule has 0 aliphatic heterocycles. The van der Waals surface area contributed by atoms with Gasteiger partial charge in [-0.15, -0.1) is 0 Å². The second-order valence-corrected chi connectivity index (χ2v) is 3.97. The fourth-order valence-electron chi connectivity index (χ4n) is 1.54. The average Bonchev–Trinajstić information content (AvgIpc) is 2.31. The van der Waals surface area contributed by atoms with E-state index in [1.54, 1.807) is 12.1 Å². The zero-order chi connectivity index (χ0) is 13.5. The summed E-state index contributed by atoms with van der Waals surface area (Å²) in [6, 6.07) is 5.92. The van der Waals surface area contributed by atoms with Crippen molar-refractivity contribution in [3.63, 3.8) is 0 Å². The molecular weight excluding hydrogens is 235 g/mol. The van der Waals surface area contributed by atoms with Crippen LogP contribution >= 0.6 is 0 Å². The second-order valence-electron chi connectivity index (χ2n) is 3.97. The van der Waals surface area contributed by atoms with Crippen molar-refractivity contribution >= 4 is 17.5 Å². The van der Waals surface area contributed by atoms with Crippen molar-refractivity contribution < 1.29 is 14.0 Å². The first-order chi connectivity index (χ1) is 8.54. The van der Waals surface area contributed by atoms with E-state index in [1.807, 2.05) is 6.92 Å². The van der Waals surface area contributed by atoms with Crippen LogP contribution in [0.4, 0.5) is 10.1 Å². The first-order valence-corrected chi connectivity index (χ1v) is 5.84. The Hall–Kier alpha value is -1.91. The number of rotatable bonds is 5. The van der Waals surface area contributed by atoms with E-state index >= 15 is 0 Å². The molecule has 0 unspecified atom stereocenters. The number of para-hydroxylation sites is 1. The summed E-state index contributed by atoms with van der Waals surface area (Å²) < 4.78 is 13.3. The molecule has 0 saturated heterocycles. The number of nitrogens with zero attached hydrogens (tertiary/aromatic N) is 1. The van der Waals surface area contributed by atoms with Gasteiger partial charge < -0.3 is 10.2 Å². The van der Waals surface area contributed by atoms with Crippen molar-refractivity contribution in [2.24, 2.45) is 0 Å². The molecular formula is C13H17FN2O2. The van der Waals surface area contributed by atoms with Gasteiger partial charge in [0.05, 0.1) is 12.2 Å². The summed E-state index contributed by atoms with van der Waals surface area (Å²) in [6.45, 7) is 3.79. The van der Waals surface area contributed by atoms with Crippen molar-refractivity contribution in [2.75, 3.05) is 18.4 Å². The summed E-state index contributed by atoms with van der Waals surface area (Å²) in [4.78, 5) is 24.4. The van der Waals surface area contributed by atoms with Crippen molar-refractivity contribution in [3.8, 4) is 0 Å². The van der Waals surface area contributed by atoms with Gasteiger partial charge >= 0.3 is 0 Å². The first-order valence-electron chi connectivity index (χ1n) is 5.84. The zero-order valence-electron chi connectivity index (χ0n) is 10.6.